The van der Waals surface area contributed by atoms with Gasteiger partial charge in [-0.05, 0) is 35.9 Å². The van der Waals surface area contributed by atoms with E-state index in [0.717, 1.165) is 5.56 Å². The smallest absolute Gasteiger partial charge is 0.274 e. The standard InChI is InChI=1S/C21H15ClN4O2/c22-17-7-3-1-6-16(17)13-25-20(27)14-9-10-24-19(11-14)21(28)26-18-8-4-2-5-15(18)12-23/h1-11H,13H2,(H,25,27)(H,26,28). The summed E-state index contributed by atoms with van der Waals surface area (Å²) in [5.74, 6) is -0.864. The van der Waals surface area contributed by atoms with Crippen molar-refractivity contribution in [2.75, 3.05) is 5.32 Å². The number of benzene rings is 2. The number of carbonyl (C=O) groups is 2. The molecule has 6 nitrogen and oxygen atoms in total. The van der Waals surface area contributed by atoms with Crippen molar-refractivity contribution in [3.8, 4) is 6.07 Å². The number of rotatable bonds is 5. The zero-order chi connectivity index (χ0) is 19.9. The number of hydrogen-bond donors (Lipinski definition) is 2. The Morgan fingerprint density at radius 1 is 1.04 bits per heavy atom. The van der Waals surface area contributed by atoms with E-state index >= 15 is 0 Å². The topological polar surface area (TPSA) is 94.9 Å². The van der Waals surface area contributed by atoms with Gasteiger partial charge in [0.2, 0.25) is 0 Å². The number of nitrogens with one attached hydrogen (secondary N) is 2. The Bertz CT molecular complexity index is 1080. The molecule has 28 heavy (non-hydrogen) atoms. The van der Waals surface area contributed by atoms with Crippen LogP contribution in [-0.4, -0.2) is 16.8 Å². The fourth-order valence-corrected chi connectivity index (χ4v) is 2.69. The van der Waals surface area contributed by atoms with Crippen LogP contribution in [0.4, 0.5) is 5.69 Å². The Morgan fingerprint density at radius 3 is 2.57 bits per heavy atom. The zero-order valence-corrected chi connectivity index (χ0v) is 15.4. The molecule has 3 aromatic rings. The number of amides is 2. The lowest BCUT2D eigenvalue weighted by Crippen LogP contribution is -2.24. The predicted molar refractivity (Wildman–Crippen MR) is 106 cm³/mol. The normalized spacial score (nSPS) is 10.0. The molecule has 2 N–H and O–H groups in total. The molecule has 0 radical (unpaired) electrons. The molecule has 0 unspecified atom stereocenters. The summed E-state index contributed by atoms with van der Waals surface area (Å²) >= 11 is 6.09. The molecule has 0 aliphatic carbocycles. The Kier molecular flexibility index (Phi) is 6.00. The van der Waals surface area contributed by atoms with Crippen LogP contribution in [0.1, 0.15) is 32.0 Å². The van der Waals surface area contributed by atoms with Crippen molar-refractivity contribution < 1.29 is 9.59 Å². The first-order chi connectivity index (χ1) is 13.6. The second-order valence-corrected chi connectivity index (χ2v) is 6.22. The van der Waals surface area contributed by atoms with E-state index in [1.54, 1.807) is 30.3 Å². The molecule has 0 saturated heterocycles. The highest BCUT2D eigenvalue weighted by molar-refractivity contribution is 6.31. The van der Waals surface area contributed by atoms with Gasteiger partial charge in [0, 0.05) is 23.3 Å². The molecule has 7 heteroatoms. The van der Waals surface area contributed by atoms with Gasteiger partial charge < -0.3 is 10.6 Å². The van der Waals surface area contributed by atoms with Crippen LogP contribution >= 0.6 is 11.6 Å². The number of nitrogens with zero attached hydrogens (tertiary/aromatic N) is 2. The molecular weight excluding hydrogens is 376 g/mol. The maximum atomic E-state index is 12.4. The highest BCUT2D eigenvalue weighted by Gasteiger charge is 2.13. The molecule has 0 atom stereocenters. The SMILES string of the molecule is N#Cc1ccccc1NC(=O)c1cc(C(=O)NCc2ccccc2Cl)ccn1. The van der Waals surface area contributed by atoms with Gasteiger partial charge in [0.25, 0.3) is 11.8 Å². The van der Waals surface area contributed by atoms with Crippen molar-refractivity contribution in [3.63, 3.8) is 0 Å². The number of nitriles is 1. The third kappa shape index (κ3) is 4.53. The lowest BCUT2D eigenvalue weighted by molar-refractivity contribution is 0.0951. The minimum absolute atomic E-state index is 0.0677. The lowest BCUT2D eigenvalue weighted by atomic mass is 10.1. The molecule has 138 valence electrons. The molecule has 2 aromatic carbocycles. The van der Waals surface area contributed by atoms with E-state index in [9.17, 15) is 9.59 Å². The van der Waals surface area contributed by atoms with E-state index in [1.807, 2.05) is 24.3 Å². The van der Waals surface area contributed by atoms with Crippen LogP contribution in [0.3, 0.4) is 0 Å². The first-order valence-electron chi connectivity index (χ1n) is 8.36. The molecular formula is C21H15ClN4O2. The summed E-state index contributed by atoms with van der Waals surface area (Å²) in [4.78, 5) is 28.9. The van der Waals surface area contributed by atoms with Crippen molar-refractivity contribution in [2.24, 2.45) is 0 Å². The summed E-state index contributed by atoms with van der Waals surface area (Å²) in [7, 11) is 0. The number of para-hydroxylation sites is 1. The van der Waals surface area contributed by atoms with Crippen molar-refractivity contribution in [2.45, 2.75) is 6.54 Å². The highest BCUT2D eigenvalue weighted by atomic mass is 35.5. The van der Waals surface area contributed by atoms with Crippen LogP contribution in [0, 0.1) is 11.3 Å². The first-order valence-corrected chi connectivity index (χ1v) is 8.74. The van der Waals surface area contributed by atoms with E-state index in [0.29, 0.717) is 21.8 Å². The van der Waals surface area contributed by atoms with Gasteiger partial charge in [-0.3, -0.25) is 14.6 Å². The number of pyridine rings is 1. The molecule has 0 spiro atoms. The van der Waals surface area contributed by atoms with Crippen LogP contribution in [0.25, 0.3) is 0 Å². The van der Waals surface area contributed by atoms with Gasteiger partial charge in [0.1, 0.15) is 11.8 Å². The monoisotopic (exact) mass is 390 g/mol. The Morgan fingerprint density at radius 2 is 1.79 bits per heavy atom. The van der Waals surface area contributed by atoms with Crippen molar-refractivity contribution >= 4 is 29.1 Å². The minimum Gasteiger partial charge on any atom is -0.348 e. The summed E-state index contributed by atoms with van der Waals surface area (Å²) in [6.45, 7) is 0.262. The maximum Gasteiger partial charge on any atom is 0.274 e. The summed E-state index contributed by atoms with van der Waals surface area (Å²) in [5, 5.41) is 15.1. The van der Waals surface area contributed by atoms with Crippen LogP contribution in [0.15, 0.2) is 66.9 Å². The third-order valence-electron chi connectivity index (χ3n) is 3.95. The van der Waals surface area contributed by atoms with Crippen LogP contribution in [-0.2, 0) is 6.54 Å². The number of anilines is 1. The quantitative estimate of drug-likeness (QED) is 0.692. The van der Waals surface area contributed by atoms with E-state index < -0.39 is 5.91 Å². The Hall–Kier alpha value is -3.69. The fourth-order valence-electron chi connectivity index (χ4n) is 2.49. The predicted octanol–water partition coefficient (Wildman–Crippen LogP) is 3.79. The van der Waals surface area contributed by atoms with Crippen LogP contribution < -0.4 is 10.6 Å². The van der Waals surface area contributed by atoms with Gasteiger partial charge >= 0.3 is 0 Å². The van der Waals surface area contributed by atoms with Gasteiger partial charge in [-0.25, -0.2) is 0 Å². The summed E-state index contributed by atoms with van der Waals surface area (Å²) in [6, 6.07) is 18.8. The van der Waals surface area contributed by atoms with Gasteiger partial charge in [-0.2, -0.15) is 5.26 Å². The van der Waals surface area contributed by atoms with Crippen LogP contribution in [0.5, 0.6) is 0 Å². The molecule has 0 aliphatic heterocycles. The maximum absolute atomic E-state index is 12.4. The summed E-state index contributed by atoms with van der Waals surface area (Å²) in [6.07, 6.45) is 1.38. The van der Waals surface area contributed by atoms with E-state index in [2.05, 4.69) is 15.6 Å². The Balaban J connectivity index is 1.71. The second-order valence-electron chi connectivity index (χ2n) is 5.82. The van der Waals surface area contributed by atoms with Crippen molar-refractivity contribution in [1.82, 2.24) is 10.3 Å². The molecule has 2 amide bonds. The number of carbonyl (C=O) groups excluding carboxylic acids is 2. The average molecular weight is 391 g/mol. The summed E-state index contributed by atoms with van der Waals surface area (Å²) < 4.78 is 0. The van der Waals surface area contributed by atoms with Crippen LogP contribution in [0.2, 0.25) is 5.02 Å². The first kappa shape index (κ1) is 19.1. The largest absolute Gasteiger partial charge is 0.348 e. The summed E-state index contributed by atoms with van der Waals surface area (Å²) in [5.41, 5.74) is 1.87. The molecule has 0 aliphatic rings. The second kappa shape index (κ2) is 8.80. The van der Waals surface area contributed by atoms with Crippen molar-refractivity contribution in [3.05, 3.63) is 94.3 Å². The van der Waals surface area contributed by atoms with E-state index in [4.69, 9.17) is 16.9 Å². The van der Waals surface area contributed by atoms with Gasteiger partial charge in [0.05, 0.1) is 11.3 Å². The van der Waals surface area contributed by atoms with E-state index in [1.165, 1.54) is 18.3 Å². The zero-order valence-electron chi connectivity index (χ0n) is 14.6. The van der Waals surface area contributed by atoms with Gasteiger partial charge in [-0.15, -0.1) is 0 Å². The number of halogens is 1. The van der Waals surface area contributed by atoms with Gasteiger partial charge in [0.15, 0.2) is 0 Å². The highest BCUT2D eigenvalue weighted by Crippen LogP contribution is 2.16. The fraction of sp³-hybridized carbons (Fsp3) is 0.0476. The molecule has 0 bridgehead atoms. The molecule has 0 fully saturated rings. The third-order valence-corrected chi connectivity index (χ3v) is 4.32. The Labute approximate surface area is 166 Å². The number of hydrogen-bond acceptors (Lipinski definition) is 4. The molecule has 1 aromatic heterocycles. The van der Waals surface area contributed by atoms with Gasteiger partial charge in [-0.1, -0.05) is 41.9 Å². The van der Waals surface area contributed by atoms with Crippen molar-refractivity contribution in [1.29, 1.82) is 5.26 Å². The average Bonchev–Trinajstić information content (AvgIpc) is 2.73. The van der Waals surface area contributed by atoms with E-state index in [-0.39, 0.29) is 18.1 Å². The molecule has 3 rings (SSSR count). The molecule has 1 heterocycles. The number of aromatic nitrogens is 1. The lowest BCUT2D eigenvalue weighted by Gasteiger charge is -2.09. The molecule has 0 saturated carbocycles. The minimum atomic E-state index is -0.511.